The van der Waals surface area contributed by atoms with Gasteiger partial charge in [0.1, 0.15) is 5.82 Å². The van der Waals surface area contributed by atoms with Crippen LogP contribution in [0.2, 0.25) is 0 Å². The number of carbonyl (C=O) groups is 1. The van der Waals surface area contributed by atoms with Gasteiger partial charge >= 0.3 is 0 Å². The van der Waals surface area contributed by atoms with E-state index in [0.29, 0.717) is 5.56 Å². The molecular weight excluding hydrogens is 209 g/mol. The molecule has 0 bridgehead atoms. The van der Waals surface area contributed by atoms with Crippen molar-refractivity contribution in [3.63, 3.8) is 0 Å². The lowest BCUT2D eigenvalue weighted by atomic mass is 10.2. The van der Waals surface area contributed by atoms with E-state index < -0.39 is 5.97 Å². The first kappa shape index (κ1) is 10.4. The van der Waals surface area contributed by atoms with E-state index in [9.17, 15) is 14.3 Å². The van der Waals surface area contributed by atoms with Crippen LogP contribution in [-0.2, 0) is 6.54 Å². The number of rotatable bonds is 3. The van der Waals surface area contributed by atoms with Crippen LogP contribution in [0.4, 0.5) is 4.39 Å². The third-order valence-corrected chi connectivity index (χ3v) is 2.34. The molecule has 0 aliphatic rings. The van der Waals surface area contributed by atoms with Crippen molar-refractivity contribution < 1.29 is 14.3 Å². The largest absolute Gasteiger partial charge is 0.543 e. The first-order chi connectivity index (χ1) is 7.68. The van der Waals surface area contributed by atoms with Crippen LogP contribution in [0.5, 0.6) is 0 Å². The summed E-state index contributed by atoms with van der Waals surface area (Å²) in [5.41, 5.74) is 0.490. The highest BCUT2D eigenvalue weighted by molar-refractivity contribution is 5.83. The topological polar surface area (TPSA) is 45.1 Å². The van der Waals surface area contributed by atoms with Gasteiger partial charge in [-0.1, -0.05) is 18.2 Å². The molecule has 2 aromatic rings. The number of halogens is 1. The van der Waals surface area contributed by atoms with Crippen LogP contribution in [0.1, 0.15) is 16.1 Å². The summed E-state index contributed by atoms with van der Waals surface area (Å²) in [6.07, 6.45) is 1.58. The van der Waals surface area contributed by atoms with E-state index in [1.165, 1.54) is 16.7 Å². The maximum atomic E-state index is 13.3. The molecule has 0 amide bonds. The van der Waals surface area contributed by atoms with Crippen LogP contribution >= 0.6 is 0 Å². The Morgan fingerprint density at radius 2 is 2.00 bits per heavy atom. The highest BCUT2D eigenvalue weighted by Gasteiger charge is 2.05. The summed E-state index contributed by atoms with van der Waals surface area (Å²) in [6, 6.07) is 9.28. The number of aromatic carboxylic acids is 1. The van der Waals surface area contributed by atoms with Crippen molar-refractivity contribution in [1.82, 2.24) is 4.57 Å². The second kappa shape index (κ2) is 4.18. The van der Waals surface area contributed by atoms with Crippen LogP contribution in [0.15, 0.2) is 42.6 Å². The fourth-order valence-corrected chi connectivity index (χ4v) is 1.55. The van der Waals surface area contributed by atoms with E-state index in [1.807, 2.05) is 0 Å². The molecule has 1 aromatic carbocycles. The third-order valence-electron chi connectivity index (χ3n) is 2.34. The Labute approximate surface area is 91.8 Å². The molecular formula is C12H9FNO2-. The van der Waals surface area contributed by atoms with Gasteiger partial charge in [0.05, 0.1) is 18.2 Å². The predicted molar refractivity (Wildman–Crippen MR) is 54.3 cm³/mol. The number of carbonyl (C=O) groups excluding carboxylic acids is 1. The van der Waals surface area contributed by atoms with Crippen LogP contribution in [0.3, 0.4) is 0 Å². The molecule has 0 fully saturated rings. The smallest absolute Gasteiger partial charge is 0.128 e. The van der Waals surface area contributed by atoms with Crippen LogP contribution < -0.4 is 5.11 Å². The number of benzene rings is 1. The number of hydrogen-bond donors (Lipinski definition) is 0. The fraction of sp³-hybridized carbons (Fsp3) is 0.0833. The van der Waals surface area contributed by atoms with E-state index in [-0.39, 0.29) is 18.1 Å². The summed E-state index contributed by atoms with van der Waals surface area (Å²) in [6.45, 7) is 0.184. The maximum absolute atomic E-state index is 13.3. The van der Waals surface area contributed by atoms with Crippen LogP contribution in [0, 0.1) is 5.82 Å². The van der Waals surface area contributed by atoms with Gasteiger partial charge < -0.3 is 14.5 Å². The molecule has 1 aromatic heterocycles. The molecule has 16 heavy (non-hydrogen) atoms. The van der Waals surface area contributed by atoms with Gasteiger partial charge in [0.15, 0.2) is 0 Å². The van der Waals surface area contributed by atoms with Crippen LogP contribution in [0.25, 0.3) is 0 Å². The van der Waals surface area contributed by atoms with Gasteiger partial charge in [-0.3, -0.25) is 0 Å². The summed E-state index contributed by atoms with van der Waals surface area (Å²) >= 11 is 0. The Hall–Kier alpha value is -2.10. The molecule has 3 nitrogen and oxygen atoms in total. The van der Waals surface area contributed by atoms with Gasteiger partial charge in [-0.05, 0) is 18.2 Å². The molecule has 1 heterocycles. The second-order valence-corrected chi connectivity index (χ2v) is 3.40. The zero-order valence-corrected chi connectivity index (χ0v) is 8.39. The molecule has 0 aliphatic heterocycles. The summed E-state index contributed by atoms with van der Waals surface area (Å²) in [5, 5.41) is 10.7. The lowest BCUT2D eigenvalue weighted by Crippen LogP contribution is -2.25. The summed E-state index contributed by atoms with van der Waals surface area (Å²) < 4.78 is 14.8. The molecule has 0 spiro atoms. The first-order valence-electron chi connectivity index (χ1n) is 4.78. The highest BCUT2D eigenvalue weighted by atomic mass is 19.1. The SMILES string of the molecule is O=C([O-])c1cccn1Cc1ccccc1F. The minimum absolute atomic E-state index is 0.0447. The lowest BCUT2D eigenvalue weighted by Gasteiger charge is -2.10. The monoisotopic (exact) mass is 218 g/mol. The maximum Gasteiger partial charge on any atom is 0.128 e. The minimum atomic E-state index is -1.26. The molecule has 0 saturated carbocycles. The van der Waals surface area contributed by atoms with E-state index in [4.69, 9.17) is 0 Å². The number of carboxylic acid groups (broad SMARTS) is 1. The molecule has 4 heteroatoms. The summed E-state index contributed by atoms with van der Waals surface area (Å²) in [7, 11) is 0. The standard InChI is InChI=1S/C12H10FNO2/c13-10-5-2-1-4-9(10)8-14-7-3-6-11(14)12(15)16/h1-7H,8H2,(H,15,16)/p-1. The molecule has 0 radical (unpaired) electrons. The van der Waals surface area contributed by atoms with Gasteiger partial charge in [-0.2, -0.15) is 0 Å². The molecule has 0 N–H and O–H groups in total. The number of nitrogens with zero attached hydrogens (tertiary/aromatic N) is 1. The molecule has 2 rings (SSSR count). The third kappa shape index (κ3) is 1.95. The summed E-state index contributed by atoms with van der Waals surface area (Å²) in [4.78, 5) is 10.7. The van der Waals surface area contributed by atoms with E-state index in [1.54, 1.807) is 30.5 Å². The van der Waals surface area contributed by atoms with Gasteiger partial charge in [0.2, 0.25) is 0 Å². The molecule has 0 unspecified atom stereocenters. The van der Waals surface area contributed by atoms with E-state index >= 15 is 0 Å². The van der Waals surface area contributed by atoms with Crippen molar-refractivity contribution in [2.45, 2.75) is 6.54 Å². The van der Waals surface area contributed by atoms with Gasteiger partial charge in [0, 0.05) is 11.8 Å². The molecule has 0 aliphatic carbocycles. The van der Waals surface area contributed by atoms with Crippen molar-refractivity contribution in [1.29, 1.82) is 0 Å². The van der Waals surface area contributed by atoms with Crippen molar-refractivity contribution in [3.05, 3.63) is 59.7 Å². The average Bonchev–Trinajstić information content (AvgIpc) is 2.69. The van der Waals surface area contributed by atoms with Crippen LogP contribution in [-0.4, -0.2) is 10.5 Å². The van der Waals surface area contributed by atoms with E-state index in [0.717, 1.165) is 0 Å². The van der Waals surface area contributed by atoms with Crippen molar-refractivity contribution in [3.8, 4) is 0 Å². The summed E-state index contributed by atoms with van der Waals surface area (Å²) in [5.74, 6) is -1.61. The minimum Gasteiger partial charge on any atom is -0.543 e. The Bertz CT molecular complexity index is 519. The van der Waals surface area contributed by atoms with Crippen molar-refractivity contribution >= 4 is 5.97 Å². The zero-order chi connectivity index (χ0) is 11.5. The Balaban J connectivity index is 2.31. The molecule has 0 atom stereocenters. The van der Waals surface area contributed by atoms with Gasteiger partial charge in [-0.25, -0.2) is 4.39 Å². The van der Waals surface area contributed by atoms with Gasteiger partial charge in [0.25, 0.3) is 0 Å². The average molecular weight is 218 g/mol. The zero-order valence-electron chi connectivity index (χ0n) is 8.39. The number of carboxylic acids is 1. The Kier molecular flexibility index (Phi) is 2.72. The Morgan fingerprint density at radius 1 is 1.25 bits per heavy atom. The Morgan fingerprint density at radius 3 is 2.69 bits per heavy atom. The fourth-order valence-electron chi connectivity index (χ4n) is 1.55. The van der Waals surface area contributed by atoms with Gasteiger partial charge in [-0.15, -0.1) is 0 Å². The normalized spacial score (nSPS) is 10.3. The molecule has 82 valence electrons. The van der Waals surface area contributed by atoms with E-state index in [2.05, 4.69) is 0 Å². The number of hydrogen-bond acceptors (Lipinski definition) is 2. The predicted octanol–water partition coefficient (Wildman–Crippen LogP) is 1.04. The quantitative estimate of drug-likeness (QED) is 0.772. The number of aromatic nitrogens is 1. The highest BCUT2D eigenvalue weighted by Crippen LogP contribution is 2.10. The van der Waals surface area contributed by atoms with Crippen molar-refractivity contribution in [2.75, 3.05) is 0 Å². The second-order valence-electron chi connectivity index (χ2n) is 3.40. The van der Waals surface area contributed by atoms with Crippen molar-refractivity contribution in [2.24, 2.45) is 0 Å². The molecule has 0 saturated heterocycles. The first-order valence-corrected chi connectivity index (χ1v) is 4.78. The lowest BCUT2D eigenvalue weighted by molar-refractivity contribution is -0.255.